The molecule has 0 spiro atoms. The number of carbonyl (C=O) groups is 4. The molecule has 0 heterocycles. The lowest BCUT2D eigenvalue weighted by molar-refractivity contribution is -0.127. The van der Waals surface area contributed by atoms with Crippen molar-refractivity contribution in [2.24, 2.45) is 5.92 Å². The van der Waals surface area contributed by atoms with Gasteiger partial charge in [-0.1, -0.05) is 116 Å². The number of aromatic hydroxyl groups is 2. The van der Waals surface area contributed by atoms with Crippen molar-refractivity contribution in [2.45, 2.75) is 149 Å². The van der Waals surface area contributed by atoms with Gasteiger partial charge in [0.25, 0.3) is 11.8 Å². The number of unbranched alkanes of at least 4 members (excludes halogenated alkanes) is 12. The normalized spacial score (nSPS) is 11.5. The van der Waals surface area contributed by atoms with E-state index in [1.54, 1.807) is 24.3 Å². The molecule has 4 amide bonds. The monoisotopic (exact) mass is 694 g/mol. The highest BCUT2D eigenvalue weighted by molar-refractivity contribution is 5.98. The minimum absolute atomic E-state index is 0.0368. The molecule has 6 N–H and O–H groups in total. The first-order chi connectivity index (χ1) is 24.2. The molecule has 0 aliphatic rings. The fourth-order valence-electron chi connectivity index (χ4n) is 5.97. The molecule has 2 aromatic rings. The lowest BCUT2D eigenvalue weighted by atomic mass is 9.95. The number of carbonyl (C=O) groups excluding carboxylic acids is 4. The Kier molecular flexibility index (Phi) is 21.0. The number of phenols is 2. The maximum atomic E-state index is 13.2. The molecule has 10 nitrogen and oxygen atoms in total. The van der Waals surface area contributed by atoms with Crippen LogP contribution in [-0.4, -0.2) is 33.8 Å². The second kappa shape index (κ2) is 25.0. The Balaban J connectivity index is 1.87. The Morgan fingerprint density at radius 2 is 0.980 bits per heavy atom. The number of hydrogen-bond donors (Lipinski definition) is 6. The van der Waals surface area contributed by atoms with Crippen LogP contribution in [0.4, 0.5) is 0 Å². The quantitative estimate of drug-likeness (QED) is 0.0482. The number of phenolic OH excluding ortho intramolecular Hbond substituents is 2. The number of aryl methyl sites for hydroxylation is 2. The van der Waals surface area contributed by atoms with E-state index in [4.69, 9.17) is 0 Å². The van der Waals surface area contributed by atoms with Crippen molar-refractivity contribution in [2.75, 3.05) is 0 Å². The van der Waals surface area contributed by atoms with Crippen LogP contribution in [0.25, 0.3) is 0 Å². The van der Waals surface area contributed by atoms with Gasteiger partial charge in [0.2, 0.25) is 11.8 Å². The fourth-order valence-corrected chi connectivity index (χ4v) is 5.97. The second-order valence-corrected chi connectivity index (χ2v) is 13.4. The molecule has 0 aliphatic heterocycles. The molecule has 0 aromatic heterocycles. The third-order valence-corrected chi connectivity index (χ3v) is 9.11. The van der Waals surface area contributed by atoms with Gasteiger partial charge in [0.15, 0.2) is 0 Å². The standard InChI is InChI=1S/C40H62N4O6/c1-4-7-10-13-16-19-30-22-25-33(35(45)28-30)39(49)43-41-37(47)27-24-32(21-18-15-12-9-6-3)38(48)42-44-40(50)34-26-23-31(29-36(34)46)20-17-14-11-8-5-2/h22-23,25-26,28-29,32,45-46H,4-21,24,27H2,1-3H3,(H,41,47)(H,42,48)(H,43,49)(H,44,50). The molecule has 10 heteroatoms. The van der Waals surface area contributed by atoms with Gasteiger partial charge in [0, 0.05) is 12.3 Å². The summed E-state index contributed by atoms with van der Waals surface area (Å²) in [5, 5.41) is 20.9. The van der Waals surface area contributed by atoms with Gasteiger partial charge in [-0.15, -0.1) is 0 Å². The lowest BCUT2D eigenvalue weighted by Crippen LogP contribution is -2.45. The lowest BCUT2D eigenvalue weighted by Gasteiger charge is -2.18. The molecule has 0 aliphatic carbocycles. The highest BCUT2D eigenvalue weighted by Crippen LogP contribution is 2.22. The summed E-state index contributed by atoms with van der Waals surface area (Å²) in [7, 11) is 0. The average Bonchev–Trinajstić information content (AvgIpc) is 3.10. The van der Waals surface area contributed by atoms with Gasteiger partial charge < -0.3 is 10.2 Å². The third kappa shape index (κ3) is 16.5. The number of hydrogen-bond acceptors (Lipinski definition) is 6. The maximum absolute atomic E-state index is 13.2. The van der Waals surface area contributed by atoms with Crippen molar-refractivity contribution < 1.29 is 29.4 Å². The van der Waals surface area contributed by atoms with Crippen LogP contribution in [-0.2, 0) is 22.4 Å². The first kappa shape index (κ1) is 42.1. The highest BCUT2D eigenvalue weighted by atomic mass is 16.3. The van der Waals surface area contributed by atoms with Crippen LogP contribution in [0.3, 0.4) is 0 Å². The van der Waals surface area contributed by atoms with Crippen molar-refractivity contribution in [3.05, 3.63) is 58.7 Å². The molecule has 278 valence electrons. The summed E-state index contributed by atoms with van der Waals surface area (Å²) < 4.78 is 0. The molecular weight excluding hydrogens is 632 g/mol. The van der Waals surface area contributed by atoms with Crippen LogP contribution in [0.1, 0.15) is 168 Å². The van der Waals surface area contributed by atoms with Gasteiger partial charge in [-0.05, 0) is 73.9 Å². The van der Waals surface area contributed by atoms with Gasteiger partial charge in [0.05, 0.1) is 11.1 Å². The smallest absolute Gasteiger partial charge is 0.273 e. The molecule has 0 saturated carbocycles. The van der Waals surface area contributed by atoms with Crippen LogP contribution >= 0.6 is 0 Å². The van der Waals surface area contributed by atoms with E-state index in [2.05, 4.69) is 42.5 Å². The zero-order valence-corrected chi connectivity index (χ0v) is 30.7. The van der Waals surface area contributed by atoms with Crippen LogP contribution in [0.15, 0.2) is 36.4 Å². The number of benzene rings is 2. The van der Waals surface area contributed by atoms with Crippen molar-refractivity contribution in [3.8, 4) is 11.5 Å². The van der Waals surface area contributed by atoms with Gasteiger partial charge >= 0.3 is 0 Å². The largest absolute Gasteiger partial charge is 0.507 e. The topological polar surface area (TPSA) is 157 Å². The zero-order valence-electron chi connectivity index (χ0n) is 30.7. The fraction of sp³-hybridized carbons (Fsp3) is 0.600. The summed E-state index contributed by atoms with van der Waals surface area (Å²) in [6, 6.07) is 9.93. The highest BCUT2D eigenvalue weighted by Gasteiger charge is 2.22. The molecule has 0 fully saturated rings. The van der Waals surface area contributed by atoms with E-state index in [0.717, 1.165) is 81.8 Å². The molecule has 1 unspecified atom stereocenters. The van der Waals surface area contributed by atoms with Gasteiger partial charge in [0.1, 0.15) is 11.5 Å². The summed E-state index contributed by atoms with van der Waals surface area (Å²) in [5.74, 6) is -3.02. The molecule has 0 radical (unpaired) electrons. The van der Waals surface area contributed by atoms with E-state index in [0.29, 0.717) is 6.42 Å². The van der Waals surface area contributed by atoms with E-state index < -0.39 is 29.5 Å². The van der Waals surface area contributed by atoms with E-state index in [-0.39, 0.29) is 35.5 Å². The second-order valence-electron chi connectivity index (χ2n) is 13.4. The first-order valence-electron chi connectivity index (χ1n) is 19.0. The molecule has 2 rings (SSSR count). The minimum Gasteiger partial charge on any atom is -0.507 e. The van der Waals surface area contributed by atoms with Crippen molar-refractivity contribution in [3.63, 3.8) is 0 Å². The summed E-state index contributed by atoms with van der Waals surface area (Å²) in [4.78, 5) is 51.3. The van der Waals surface area contributed by atoms with Crippen molar-refractivity contribution in [1.82, 2.24) is 21.7 Å². The predicted molar refractivity (Wildman–Crippen MR) is 198 cm³/mol. The average molecular weight is 695 g/mol. The summed E-state index contributed by atoms with van der Waals surface area (Å²) >= 11 is 0. The van der Waals surface area contributed by atoms with E-state index in [1.807, 2.05) is 12.1 Å². The molecule has 50 heavy (non-hydrogen) atoms. The van der Waals surface area contributed by atoms with E-state index in [1.165, 1.54) is 38.5 Å². The molecule has 0 saturated heterocycles. The Morgan fingerprint density at radius 1 is 0.540 bits per heavy atom. The SMILES string of the molecule is CCCCCCCc1ccc(C(=O)NNC(=O)CCC(CCCCCCC)C(=O)NNC(=O)c2ccc(CCCCCCC)cc2O)c(O)c1. The van der Waals surface area contributed by atoms with Gasteiger partial charge in [-0.2, -0.15) is 0 Å². The van der Waals surface area contributed by atoms with Gasteiger partial charge in [-0.25, -0.2) is 0 Å². The minimum atomic E-state index is -0.637. The van der Waals surface area contributed by atoms with Crippen LogP contribution in [0.5, 0.6) is 11.5 Å². The molecular formula is C40H62N4O6. The summed E-state index contributed by atoms with van der Waals surface area (Å²) in [6.07, 6.45) is 18.7. The number of hydrazine groups is 2. The number of rotatable bonds is 24. The van der Waals surface area contributed by atoms with Crippen LogP contribution in [0.2, 0.25) is 0 Å². The van der Waals surface area contributed by atoms with E-state index in [9.17, 15) is 29.4 Å². The Bertz CT molecular complexity index is 1330. The predicted octanol–water partition coefficient (Wildman–Crippen LogP) is 8.10. The Labute approximate surface area is 299 Å². The van der Waals surface area contributed by atoms with E-state index >= 15 is 0 Å². The summed E-state index contributed by atoms with van der Waals surface area (Å²) in [6.45, 7) is 6.47. The van der Waals surface area contributed by atoms with Crippen molar-refractivity contribution in [1.29, 1.82) is 0 Å². The number of nitrogens with one attached hydrogen (secondary N) is 4. The van der Waals surface area contributed by atoms with Gasteiger partial charge in [-0.3, -0.25) is 40.9 Å². The maximum Gasteiger partial charge on any atom is 0.273 e. The molecule has 2 aromatic carbocycles. The zero-order chi connectivity index (χ0) is 36.6. The van der Waals surface area contributed by atoms with Crippen LogP contribution < -0.4 is 21.7 Å². The number of amides is 4. The summed E-state index contributed by atoms with van der Waals surface area (Å²) in [5.41, 5.74) is 11.6. The molecule has 0 bridgehead atoms. The third-order valence-electron chi connectivity index (χ3n) is 9.11. The Hall–Kier alpha value is -4.08. The Morgan fingerprint density at radius 3 is 1.44 bits per heavy atom. The first-order valence-corrected chi connectivity index (χ1v) is 19.0. The molecule has 1 atom stereocenters. The van der Waals surface area contributed by atoms with Crippen molar-refractivity contribution >= 4 is 23.6 Å². The van der Waals surface area contributed by atoms with Crippen LogP contribution in [0, 0.1) is 5.92 Å².